The maximum absolute atomic E-state index is 11.6. The van der Waals surface area contributed by atoms with E-state index in [0.29, 0.717) is 5.89 Å². The lowest BCUT2D eigenvalue weighted by atomic mass is 10.1. The summed E-state index contributed by atoms with van der Waals surface area (Å²) >= 11 is 0. The molecule has 1 N–H and O–H groups in total. The molecule has 1 aromatic heterocycles. The number of ether oxygens (including phenoxy) is 1. The van der Waals surface area contributed by atoms with Crippen LogP contribution in [0.4, 0.5) is 4.79 Å². The Balaban J connectivity index is 2.66. The van der Waals surface area contributed by atoms with Crippen molar-refractivity contribution in [2.45, 2.75) is 46.3 Å². The maximum atomic E-state index is 11.6. The molecule has 0 aliphatic carbocycles. The second-order valence-corrected chi connectivity index (χ2v) is 5.14. The van der Waals surface area contributed by atoms with E-state index in [2.05, 4.69) is 15.5 Å². The molecule has 0 saturated heterocycles. The van der Waals surface area contributed by atoms with E-state index in [0.717, 1.165) is 0 Å². The molecule has 0 aliphatic rings. The molecule has 0 bridgehead atoms. The predicted molar refractivity (Wildman–Crippen MR) is 61.2 cm³/mol. The third-order valence-corrected chi connectivity index (χ3v) is 1.98. The first-order chi connectivity index (χ1) is 7.79. The Kier molecular flexibility index (Phi) is 4.09. The molecule has 0 aromatic carbocycles. The van der Waals surface area contributed by atoms with Gasteiger partial charge in [-0.3, -0.25) is 0 Å². The molecule has 6 nitrogen and oxygen atoms in total. The van der Waals surface area contributed by atoms with Gasteiger partial charge in [-0.1, -0.05) is 13.8 Å². The van der Waals surface area contributed by atoms with Crippen molar-refractivity contribution in [2.75, 3.05) is 0 Å². The van der Waals surface area contributed by atoms with Crippen molar-refractivity contribution < 1.29 is 13.9 Å². The zero-order chi connectivity index (χ0) is 13.1. The van der Waals surface area contributed by atoms with E-state index in [9.17, 15) is 4.79 Å². The summed E-state index contributed by atoms with van der Waals surface area (Å²) in [6.07, 6.45) is 0.746. The summed E-state index contributed by atoms with van der Waals surface area (Å²) < 4.78 is 10.3. The molecule has 1 heterocycles. The number of amides is 1. The minimum atomic E-state index is -0.527. The van der Waals surface area contributed by atoms with Crippen molar-refractivity contribution in [2.24, 2.45) is 5.92 Å². The minimum Gasteiger partial charge on any atom is -0.444 e. The summed E-state index contributed by atoms with van der Waals surface area (Å²) in [7, 11) is 0. The SMILES string of the molecule is CC(C)C(NC(=O)OC(C)(C)C)c1nnco1. The third-order valence-electron chi connectivity index (χ3n) is 1.98. The maximum Gasteiger partial charge on any atom is 0.408 e. The highest BCUT2D eigenvalue weighted by molar-refractivity contribution is 5.68. The zero-order valence-corrected chi connectivity index (χ0v) is 10.9. The largest absolute Gasteiger partial charge is 0.444 e. The molecule has 17 heavy (non-hydrogen) atoms. The number of nitrogens with one attached hydrogen (secondary N) is 1. The fourth-order valence-electron chi connectivity index (χ4n) is 1.27. The molecular formula is C11H19N3O3. The van der Waals surface area contributed by atoms with Gasteiger partial charge < -0.3 is 14.5 Å². The molecule has 0 aliphatic heterocycles. The van der Waals surface area contributed by atoms with Crippen LogP contribution in [0.25, 0.3) is 0 Å². The van der Waals surface area contributed by atoms with E-state index >= 15 is 0 Å². The minimum absolute atomic E-state index is 0.128. The van der Waals surface area contributed by atoms with Crippen molar-refractivity contribution >= 4 is 6.09 Å². The van der Waals surface area contributed by atoms with Crippen molar-refractivity contribution in [3.05, 3.63) is 12.3 Å². The van der Waals surface area contributed by atoms with Crippen LogP contribution in [0.5, 0.6) is 0 Å². The smallest absolute Gasteiger partial charge is 0.408 e. The molecule has 0 radical (unpaired) electrons. The summed E-state index contributed by atoms with van der Waals surface area (Å²) in [5.74, 6) is 0.508. The number of hydrogen-bond acceptors (Lipinski definition) is 5. The van der Waals surface area contributed by atoms with Gasteiger partial charge in [0.1, 0.15) is 11.6 Å². The fraction of sp³-hybridized carbons (Fsp3) is 0.727. The molecule has 1 amide bonds. The average Bonchev–Trinajstić information content (AvgIpc) is 2.63. The van der Waals surface area contributed by atoms with Crippen molar-refractivity contribution in [1.29, 1.82) is 0 Å². The second-order valence-electron chi connectivity index (χ2n) is 5.14. The van der Waals surface area contributed by atoms with Crippen LogP contribution in [-0.4, -0.2) is 21.9 Å². The lowest BCUT2D eigenvalue weighted by Gasteiger charge is -2.23. The lowest BCUT2D eigenvalue weighted by Crippen LogP contribution is -2.37. The van der Waals surface area contributed by atoms with Crippen molar-refractivity contribution in [3.63, 3.8) is 0 Å². The fourth-order valence-corrected chi connectivity index (χ4v) is 1.27. The standard InChI is InChI=1S/C11H19N3O3/c1-7(2)8(9-14-12-6-16-9)13-10(15)17-11(3,4)5/h6-8H,1-5H3,(H,13,15). The van der Waals surface area contributed by atoms with E-state index in [-0.39, 0.29) is 12.0 Å². The van der Waals surface area contributed by atoms with Crippen LogP contribution in [0.2, 0.25) is 0 Å². The first-order valence-corrected chi connectivity index (χ1v) is 5.55. The summed E-state index contributed by atoms with van der Waals surface area (Å²) in [6, 6.07) is -0.340. The number of rotatable bonds is 3. The molecular weight excluding hydrogens is 222 g/mol. The number of hydrogen-bond donors (Lipinski definition) is 1. The van der Waals surface area contributed by atoms with Gasteiger partial charge >= 0.3 is 6.09 Å². The highest BCUT2D eigenvalue weighted by atomic mass is 16.6. The Morgan fingerprint density at radius 2 is 2.12 bits per heavy atom. The molecule has 0 saturated carbocycles. The van der Waals surface area contributed by atoms with Gasteiger partial charge in [0.15, 0.2) is 0 Å². The number of carbonyl (C=O) groups is 1. The highest BCUT2D eigenvalue weighted by Crippen LogP contribution is 2.20. The molecule has 0 spiro atoms. The topological polar surface area (TPSA) is 77.2 Å². The molecule has 6 heteroatoms. The van der Waals surface area contributed by atoms with Gasteiger partial charge in [0, 0.05) is 0 Å². The van der Waals surface area contributed by atoms with Crippen LogP contribution in [0.1, 0.15) is 46.6 Å². The summed E-state index contributed by atoms with van der Waals surface area (Å²) in [5.41, 5.74) is -0.527. The summed E-state index contributed by atoms with van der Waals surface area (Å²) in [4.78, 5) is 11.6. The van der Waals surface area contributed by atoms with Gasteiger partial charge in [-0.15, -0.1) is 10.2 Å². The first-order valence-electron chi connectivity index (χ1n) is 5.55. The molecule has 96 valence electrons. The number of aromatic nitrogens is 2. The van der Waals surface area contributed by atoms with Crippen molar-refractivity contribution in [1.82, 2.24) is 15.5 Å². The van der Waals surface area contributed by atoms with E-state index < -0.39 is 11.7 Å². The number of alkyl carbamates (subject to hydrolysis) is 1. The number of carbonyl (C=O) groups excluding carboxylic acids is 1. The van der Waals surface area contributed by atoms with E-state index in [1.54, 1.807) is 0 Å². The van der Waals surface area contributed by atoms with Gasteiger partial charge in [0.05, 0.1) is 0 Å². The Bertz CT molecular complexity index is 355. The quantitative estimate of drug-likeness (QED) is 0.878. The third kappa shape index (κ3) is 4.42. The van der Waals surface area contributed by atoms with Crippen LogP contribution >= 0.6 is 0 Å². The number of nitrogens with zero attached hydrogens (tertiary/aromatic N) is 2. The van der Waals surface area contributed by atoms with E-state index in [1.807, 2.05) is 34.6 Å². The molecule has 1 unspecified atom stereocenters. The van der Waals surface area contributed by atoms with E-state index in [4.69, 9.17) is 9.15 Å². The molecule has 0 fully saturated rings. The first kappa shape index (κ1) is 13.5. The van der Waals surface area contributed by atoms with Gasteiger partial charge in [-0.2, -0.15) is 0 Å². The zero-order valence-electron chi connectivity index (χ0n) is 10.9. The average molecular weight is 241 g/mol. The Labute approximate surface area is 101 Å². The Morgan fingerprint density at radius 3 is 2.53 bits per heavy atom. The normalized spacial score (nSPS) is 13.5. The van der Waals surface area contributed by atoms with Crippen molar-refractivity contribution in [3.8, 4) is 0 Å². The molecule has 1 atom stereocenters. The Hall–Kier alpha value is -1.59. The van der Waals surface area contributed by atoms with Crippen LogP contribution < -0.4 is 5.32 Å². The molecule has 1 aromatic rings. The van der Waals surface area contributed by atoms with Crippen LogP contribution in [0.15, 0.2) is 10.8 Å². The summed E-state index contributed by atoms with van der Waals surface area (Å²) in [5, 5.41) is 10.1. The van der Waals surface area contributed by atoms with Gasteiger partial charge in [-0.25, -0.2) is 4.79 Å². The van der Waals surface area contributed by atoms with Gasteiger partial charge in [0.25, 0.3) is 0 Å². The lowest BCUT2D eigenvalue weighted by molar-refractivity contribution is 0.0479. The second kappa shape index (κ2) is 5.16. The monoisotopic (exact) mass is 241 g/mol. The molecule has 1 rings (SSSR count). The summed E-state index contributed by atoms with van der Waals surface area (Å²) in [6.45, 7) is 9.33. The van der Waals surface area contributed by atoms with Gasteiger partial charge in [-0.05, 0) is 26.7 Å². The van der Waals surface area contributed by atoms with Crippen LogP contribution in [-0.2, 0) is 4.74 Å². The highest BCUT2D eigenvalue weighted by Gasteiger charge is 2.25. The van der Waals surface area contributed by atoms with Crippen LogP contribution in [0.3, 0.4) is 0 Å². The van der Waals surface area contributed by atoms with Gasteiger partial charge in [0.2, 0.25) is 12.3 Å². The Morgan fingerprint density at radius 1 is 1.47 bits per heavy atom. The predicted octanol–water partition coefficient (Wildman–Crippen LogP) is 2.29. The van der Waals surface area contributed by atoms with E-state index in [1.165, 1.54) is 6.39 Å². The van der Waals surface area contributed by atoms with Crippen LogP contribution in [0, 0.1) is 5.92 Å².